The zero-order chi connectivity index (χ0) is 14.5. The van der Waals surface area contributed by atoms with Crippen LogP contribution in [0.1, 0.15) is 24.0 Å². The van der Waals surface area contributed by atoms with Crippen LogP contribution in [0.2, 0.25) is 0 Å². The molecule has 1 aliphatic rings. The summed E-state index contributed by atoms with van der Waals surface area (Å²) in [6.07, 6.45) is 0.943. The molecular weight excluding hydrogens is 263 g/mol. The molecule has 0 radical (unpaired) electrons. The molecule has 0 fully saturated rings. The van der Waals surface area contributed by atoms with Crippen LogP contribution in [0, 0.1) is 5.82 Å². The van der Waals surface area contributed by atoms with E-state index in [1.54, 1.807) is 11.0 Å². The molecule has 2 amide bonds. The molecule has 108 valence electrons. The summed E-state index contributed by atoms with van der Waals surface area (Å²) in [5, 5.41) is 11.2. The maximum Gasteiger partial charge on any atom is 0.317 e. The van der Waals surface area contributed by atoms with E-state index < -0.39 is 5.97 Å². The van der Waals surface area contributed by atoms with Gasteiger partial charge in [0.05, 0.1) is 0 Å². The number of carbonyl (C=O) groups excluding carboxylic acids is 1. The molecule has 1 aromatic carbocycles. The van der Waals surface area contributed by atoms with Gasteiger partial charge in [-0.3, -0.25) is 4.79 Å². The summed E-state index contributed by atoms with van der Waals surface area (Å²) in [6, 6.07) is 4.66. The number of halogens is 1. The van der Waals surface area contributed by atoms with Gasteiger partial charge in [-0.05, 0) is 30.0 Å². The van der Waals surface area contributed by atoms with Crippen LogP contribution in [0.15, 0.2) is 18.2 Å². The molecule has 0 aromatic heterocycles. The van der Waals surface area contributed by atoms with Crippen molar-refractivity contribution in [1.29, 1.82) is 0 Å². The van der Waals surface area contributed by atoms with Gasteiger partial charge in [0.15, 0.2) is 0 Å². The Labute approximate surface area is 116 Å². The third kappa shape index (κ3) is 3.46. The number of amides is 2. The number of hydrogen-bond acceptors (Lipinski definition) is 2. The molecule has 0 unspecified atom stereocenters. The molecule has 20 heavy (non-hydrogen) atoms. The van der Waals surface area contributed by atoms with Gasteiger partial charge in [-0.2, -0.15) is 0 Å². The molecule has 1 heterocycles. The number of carbonyl (C=O) groups is 2. The van der Waals surface area contributed by atoms with E-state index >= 15 is 0 Å². The van der Waals surface area contributed by atoms with Gasteiger partial charge in [-0.15, -0.1) is 0 Å². The van der Waals surface area contributed by atoms with Crippen molar-refractivity contribution in [3.63, 3.8) is 0 Å². The Bertz CT molecular complexity index is 519. The lowest BCUT2D eigenvalue weighted by Crippen LogP contribution is -2.43. The van der Waals surface area contributed by atoms with Gasteiger partial charge in [-0.1, -0.05) is 12.1 Å². The number of urea groups is 1. The monoisotopic (exact) mass is 280 g/mol. The number of fused-ring (bicyclic) bond motifs is 1. The van der Waals surface area contributed by atoms with Crippen molar-refractivity contribution in [3.05, 3.63) is 35.1 Å². The highest BCUT2D eigenvalue weighted by Gasteiger charge is 2.22. The first-order valence-electron chi connectivity index (χ1n) is 6.59. The Morgan fingerprint density at radius 2 is 2.20 bits per heavy atom. The largest absolute Gasteiger partial charge is 0.481 e. The Hall–Kier alpha value is -2.11. The Kier molecular flexibility index (Phi) is 4.55. The van der Waals surface area contributed by atoms with Gasteiger partial charge in [0, 0.05) is 26.1 Å². The number of nitrogens with zero attached hydrogens (tertiary/aromatic N) is 1. The Morgan fingerprint density at radius 1 is 1.40 bits per heavy atom. The van der Waals surface area contributed by atoms with Crippen LogP contribution >= 0.6 is 0 Å². The molecule has 1 aliphatic heterocycles. The molecule has 1 aromatic rings. The molecule has 0 atom stereocenters. The molecule has 0 aliphatic carbocycles. The second-order valence-electron chi connectivity index (χ2n) is 4.78. The normalized spacial score (nSPS) is 13.8. The van der Waals surface area contributed by atoms with E-state index in [-0.39, 0.29) is 18.3 Å². The minimum Gasteiger partial charge on any atom is -0.481 e. The van der Waals surface area contributed by atoms with E-state index in [9.17, 15) is 14.0 Å². The van der Waals surface area contributed by atoms with Crippen molar-refractivity contribution in [2.45, 2.75) is 25.8 Å². The van der Waals surface area contributed by atoms with E-state index in [2.05, 4.69) is 5.32 Å². The molecule has 0 bridgehead atoms. The quantitative estimate of drug-likeness (QED) is 0.826. The molecule has 0 saturated heterocycles. The van der Waals surface area contributed by atoms with Crippen molar-refractivity contribution < 1.29 is 19.1 Å². The minimum atomic E-state index is -0.873. The van der Waals surface area contributed by atoms with Crippen molar-refractivity contribution >= 4 is 12.0 Å². The van der Waals surface area contributed by atoms with Gasteiger partial charge >= 0.3 is 12.0 Å². The Balaban J connectivity index is 1.86. The second kappa shape index (κ2) is 6.36. The maximum absolute atomic E-state index is 13.5. The van der Waals surface area contributed by atoms with E-state index in [1.165, 1.54) is 6.07 Å². The van der Waals surface area contributed by atoms with E-state index in [4.69, 9.17) is 5.11 Å². The molecule has 0 spiro atoms. The van der Waals surface area contributed by atoms with E-state index in [0.717, 1.165) is 5.56 Å². The Morgan fingerprint density at radius 3 is 2.95 bits per heavy atom. The third-order valence-electron chi connectivity index (χ3n) is 3.34. The smallest absolute Gasteiger partial charge is 0.317 e. The number of rotatable bonds is 4. The molecule has 5 nitrogen and oxygen atoms in total. The predicted octanol–water partition coefficient (Wildman–Crippen LogP) is 1.76. The standard InChI is InChI=1S/C14H17FN2O3/c15-12-4-1-3-10-9-17(8-6-11(10)12)14(20)16-7-2-5-13(18)19/h1,3-4H,2,5-9H2,(H,16,20)(H,18,19). The second-order valence-corrected chi connectivity index (χ2v) is 4.78. The number of benzene rings is 1. The summed E-state index contributed by atoms with van der Waals surface area (Å²) in [6.45, 7) is 1.19. The minimum absolute atomic E-state index is 0.0360. The molecular formula is C14H17FN2O3. The van der Waals surface area contributed by atoms with Gasteiger partial charge < -0.3 is 15.3 Å². The number of hydrogen-bond donors (Lipinski definition) is 2. The summed E-state index contributed by atoms with van der Waals surface area (Å²) in [5.74, 6) is -1.09. The van der Waals surface area contributed by atoms with Gasteiger partial charge in [0.2, 0.25) is 0 Å². The number of aliphatic carboxylic acids is 1. The van der Waals surface area contributed by atoms with Crippen molar-refractivity contribution in [2.24, 2.45) is 0 Å². The number of carboxylic acid groups (broad SMARTS) is 1. The topological polar surface area (TPSA) is 69.6 Å². The van der Waals surface area contributed by atoms with E-state index in [1.807, 2.05) is 6.07 Å². The van der Waals surface area contributed by atoms with Gasteiger partial charge in [0.1, 0.15) is 5.82 Å². The van der Waals surface area contributed by atoms with Crippen molar-refractivity contribution in [2.75, 3.05) is 13.1 Å². The average molecular weight is 280 g/mol. The first kappa shape index (κ1) is 14.3. The van der Waals surface area contributed by atoms with Crippen LogP contribution in [-0.4, -0.2) is 35.1 Å². The van der Waals surface area contributed by atoms with E-state index in [0.29, 0.717) is 38.0 Å². The van der Waals surface area contributed by atoms with Crippen molar-refractivity contribution in [3.8, 4) is 0 Å². The van der Waals surface area contributed by atoms with Crippen LogP contribution in [0.5, 0.6) is 0 Å². The summed E-state index contributed by atoms with van der Waals surface area (Å²) >= 11 is 0. The maximum atomic E-state index is 13.5. The highest BCUT2D eigenvalue weighted by molar-refractivity contribution is 5.74. The number of carboxylic acids is 1. The van der Waals surface area contributed by atoms with Crippen molar-refractivity contribution in [1.82, 2.24) is 10.2 Å². The zero-order valence-electron chi connectivity index (χ0n) is 11.1. The predicted molar refractivity (Wildman–Crippen MR) is 70.8 cm³/mol. The zero-order valence-corrected chi connectivity index (χ0v) is 11.1. The van der Waals surface area contributed by atoms with Gasteiger partial charge in [-0.25, -0.2) is 9.18 Å². The molecule has 2 N–H and O–H groups in total. The molecule has 2 rings (SSSR count). The number of nitrogens with one attached hydrogen (secondary N) is 1. The van der Waals surface area contributed by atoms with Crippen LogP contribution in [0.3, 0.4) is 0 Å². The first-order chi connectivity index (χ1) is 9.58. The lowest BCUT2D eigenvalue weighted by molar-refractivity contribution is -0.137. The lowest BCUT2D eigenvalue weighted by atomic mass is 9.99. The first-order valence-corrected chi connectivity index (χ1v) is 6.59. The fourth-order valence-electron chi connectivity index (χ4n) is 2.28. The molecule has 6 heteroatoms. The fraction of sp³-hybridized carbons (Fsp3) is 0.429. The van der Waals surface area contributed by atoms with Crippen LogP contribution in [-0.2, 0) is 17.8 Å². The lowest BCUT2D eigenvalue weighted by Gasteiger charge is -2.29. The summed E-state index contributed by atoms with van der Waals surface area (Å²) in [4.78, 5) is 23.9. The summed E-state index contributed by atoms with van der Waals surface area (Å²) < 4.78 is 13.5. The fourth-order valence-corrected chi connectivity index (χ4v) is 2.28. The highest BCUT2D eigenvalue weighted by atomic mass is 19.1. The summed E-state index contributed by atoms with van der Waals surface area (Å²) in [7, 11) is 0. The molecule has 0 saturated carbocycles. The highest BCUT2D eigenvalue weighted by Crippen LogP contribution is 2.21. The summed E-state index contributed by atoms with van der Waals surface area (Å²) in [5.41, 5.74) is 1.51. The SMILES string of the molecule is O=C(O)CCCNC(=O)N1CCc2c(F)cccc2C1. The average Bonchev–Trinajstić information content (AvgIpc) is 2.43. The third-order valence-corrected chi connectivity index (χ3v) is 3.34. The van der Waals surface area contributed by atoms with Crippen LogP contribution < -0.4 is 5.32 Å². The van der Waals surface area contributed by atoms with Crippen LogP contribution in [0.25, 0.3) is 0 Å². The van der Waals surface area contributed by atoms with Gasteiger partial charge in [0.25, 0.3) is 0 Å². The van der Waals surface area contributed by atoms with Crippen LogP contribution in [0.4, 0.5) is 9.18 Å².